The van der Waals surface area contributed by atoms with Crippen molar-refractivity contribution in [3.05, 3.63) is 24.3 Å². The summed E-state index contributed by atoms with van der Waals surface area (Å²) in [6, 6.07) is 7.83. The molecule has 1 aliphatic rings. The summed E-state index contributed by atoms with van der Waals surface area (Å²) < 4.78 is 5.13. The number of carbonyl (C=O) groups excluding carboxylic acids is 1. The number of methoxy groups -OCH3 is 1. The van der Waals surface area contributed by atoms with Crippen LogP contribution in [0.3, 0.4) is 0 Å². The van der Waals surface area contributed by atoms with Gasteiger partial charge < -0.3 is 19.6 Å². The van der Waals surface area contributed by atoms with Gasteiger partial charge in [0.1, 0.15) is 5.75 Å². The highest BCUT2D eigenvalue weighted by Gasteiger charge is 2.21. The molecule has 2 rings (SSSR count). The number of rotatable bonds is 5. The molecular weight excluding hydrogens is 272 g/mol. The first kappa shape index (κ1) is 15.2. The van der Waals surface area contributed by atoms with E-state index in [-0.39, 0.29) is 18.7 Å². The third-order valence-corrected chi connectivity index (χ3v) is 3.62. The van der Waals surface area contributed by atoms with Crippen LogP contribution in [0.1, 0.15) is 12.8 Å². The van der Waals surface area contributed by atoms with Gasteiger partial charge in [-0.05, 0) is 24.3 Å². The summed E-state index contributed by atoms with van der Waals surface area (Å²) in [6.45, 7) is 2.77. The summed E-state index contributed by atoms with van der Waals surface area (Å²) in [5.41, 5.74) is 1.11. The number of benzene rings is 1. The third kappa shape index (κ3) is 4.11. The average Bonchev–Trinajstić information content (AvgIpc) is 2.53. The van der Waals surface area contributed by atoms with E-state index in [1.807, 2.05) is 24.3 Å². The topological polar surface area (TPSA) is 70.1 Å². The fraction of sp³-hybridized carbons (Fsp3) is 0.467. The lowest BCUT2D eigenvalue weighted by atomic mass is 10.2. The van der Waals surface area contributed by atoms with E-state index >= 15 is 0 Å². The second-order valence-electron chi connectivity index (χ2n) is 4.96. The van der Waals surface area contributed by atoms with Gasteiger partial charge in [-0.2, -0.15) is 0 Å². The number of carbonyl (C=O) groups is 2. The Labute approximate surface area is 123 Å². The maximum Gasteiger partial charge on any atom is 0.303 e. The van der Waals surface area contributed by atoms with Gasteiger partial charge in [-0.1, -0.05) is 0 Å². The molecular formula is C15H20N2O4. The molecule has 0 atom stereocenters. The van der Waals surface area contributed by atoms with Crippen molar-refractivity contribution in [2.24, 2.45) is 0 Å². The van der Waals surface area contributed by atoms with Crippen molar-refractivity contribution < 1.29 is 19.4 Å². The van der Waals surface area contributed by atoms with E-state index in [2.05, 4.69) is 4.90 Å². The van der Waals surface area contributed by atoms with Gasteiger partial charge in [0.05, 0.1) is 13.5 Å². The monoisotopic (exact) mass is 292 g/mol. The second-order valence-corrected chi connectivity index (χ2v) is 4.96. The van der Waals surface area contributed by atoms with Crippen LogP contribution in [0.5, 0.6) is 5.75 Å². The quantitative estimate of drug-likeness (QED) is 0.883. The van der Waals surface area contributed by atoms with E-state index < -0.39 is 5.97 Å². The molecule has 1 saturated heterocycles. The van der Waals surface area contributed by atoms with Crippen molar-refractivity contribution in [1.82, 2.24) is 4.90 Å². The molecule has 0 aliphatic carbocycles. The normalized spacial score (nSPS) is 14.9. The number of nitrogens with zero attached hydrogens (tertiary/aromatic N) is 2. The van der Waals surface area contributed by atoms with Crippen LogP contribution in [0.4, 0.5) is 5.69 Å². The highest BCUT2D eigenvalue weighted by atomic mass is 16.5. The minimum atomic E-state index is -0.930. The molecule has 21 heavy (non-hydrogen) atoms. The van der Waals surface area contributed by atoms with Crippen LogP contribution in [-0.2, 0) is 9.59 Å². The molecule has 1 heterocycles. The molecule has 0 radical (unpaired) electrons. The number of carboxylic acid groups (broad SMARTS) is 1. The van der Waals surface area contributed by atoms with E-state index in [4.69, 9.17) is 9.84 Å². The van der Waals surface area contributed by atoms with Crippen molar-refractivity contribution in [3.63, 3.8) is 0 Å². The van der Waals surface area contributed by atoms with Crippen LogP contribution in [0.2, 0.25) is 0 Å². The van der Waals surface area contributed by atoms with Gasteiger partial charge in [0.25, 0.3) is 0 Å². The van der Waals surface area contributed by atoms with Crippen molar-refractivity contribution in [3.8, 4) is 5.75 Å². The summed E-state index contributed by atoms with van der Waals surface area (Å²) in [4.78, 5) is 26.3. The molecule has 1 amide bonds. The minimum absolute atomic E-state index is 0.0771. The molecule has 6 nitrogen and oxygen atoms in total. The number of anilines is 1. The Morgan fingerprint density at radius 2 is 1.71 bits per heavy atom. The van der Waals surface area contributed by atoms with Gasteiger partial charge in [-0.15, -0.1) is 0 Å². The first-order chi connectivity index (χ1) is 10.1. The summed E-state index contributed by atoms with van der Waals surface area (Å²) >= 11 is 0. The zero-order valence-corrected chi connectivity index (χ0v) is 12.1. The zero-order chi connectivity index (χ0) is 15.2. The van der Waals surface area contributed by atoms with Gasteiger partial charge in [-0.25, -0.2) is 0 Å². The number of amides is 1. The highest BCUT2D eigenvalue weighted by molar-refractivity contribution is 5.81. The van der Waals surface area contributed by atoms with E-state index in [9.17, 15) is 9.59 Å². The number of ether oxygens (including phenoxy) is 1. The van der Waals surface area contributed by atoms with E-state index in [1.54, 1.807) is 12.0 Å². The molecule has 0 spiro atoms. The number of hydrogen-bond acceptors (Lipinski definition) is 4. The Morgan fingerprint density at radius 3 is 2.24 bits per heavy atom. The number of aliphatic carboxylic acids is 1. The lowest BCUT2D eigenvalue weighted by Crippen LogP contribution is -2.48. The predicted octanol–water partition coefficient (Wildman–Crippen LogP) is 1.21. The van der Waals surface area contributed by atoms with E-state index in [0.717, 1.165) is 24.5 Å². The molecule has 0 aromatic heterocycles. The Morgan fingerprint density at radius 1 is 1.10 bits per heavy atom. The van der Waals surface area contributed by atoms with Crippen molar-refractivity contribution in [2.45, 2.75) is 12.8 Å². The molecule has 1 N–H and O–H groups in total. The van der Waals surface area contributed by atoms with Crippen LogP contribution in [0, 0.1) is 0 Å². The Hall–Kier alpha value is -2.24. The summed E-state index contributed by atoms with van der Waals surface area (Å²) in [6.07, 6.45) is -0.0185. The standard InChI is InChI=1S/C15H20N2O4/c1-21-13-4-2-12(3-5-13)16-8-10-17(11-9-16)14(18)6-7-15(19)20/h2-5H,6-11H2,1H3,(H,19,20). The molecule has 1 aliphatic heterocycles. The van der Waals surface area contributed by atoms with Gasteiger partial charge in [-0.3, -0.25) is 9.59 Å². The Bertz CT molecular complexity index is 493. The number of hydrogen-bond donors (Lipinski definition) is 1. The zero-order valence-electron chi connectivity index (χ0n) is 12.1. The van der Waals surface area contributed by atoms with Gasteiger partial charge in [0, 0.05) is 38.3 Å². The SMILES string of the molecule is COc1ccc(N2CCN(C(=O)CCC(=O)O)CC2)cc1. The molecule has 1 fully saturated rings. The molecule has 6 heteroatoms. The van der Waals surface area contributed by atoms with Crippen molar-refractivity contribution in [2.75, 3.05) is 38.2 Å². The van der Waals surface area contributed by atoms with Crippen LogP contribution >= 0.6 is 0 Å². The maximum absolute atomic E-state index is 11.9. The highest BCUT2D eigenvalue weighted by Crippen LogP contribution is 2.20. The molecule has 0 bridgehead atoms. The number of piperazine rings is 1. The number of carboxylic acids is 1. The van der Waals surface area contributed by atoms with Crippen molar-refractivity contribution in [1.29, 1.82) is 0 Å². The van der Waals surface area contributed by atoms with E-state index in [1.165, 1.54) is 0 Å². The average molecular weight is 292 g/mol. The largest absolute Gasteiger partial charge is 0.497 e. The minimum Gasteiger partial charge on any atom is -0.497 e. The molecule has 0 saturated carbocycles. The second kappa shape index (κ2) is 6.97. The van der Waals surface area contributed by atoms with Crippen LogP contribution in [0.25, 0.3) is 0 Å². The smallest absolute Gasteiger partial charge is 0.303 e. The third-order valence-electron chi connectivity index (χ3n) is 3.62. The lowest BCUT2D eigenvalue weighted by Gasteiger charge is -2.36. The summed E-state index contributed by atoms with van der Waals surface area (Å²) in [5.74, 6) is -0.187. The molecule has 1 aromatic carbocycles. The molecule has 0 unspecified atom stereocenters. The molecule has 114 valence electrons. The van der Waals surface area contributed by atoms with Crippen LogP contribution in [-0.4, -0.2) is 55.2 Å². The lowest BCUT2D eigenvalue weighted by molar-refractivity contribution is -0.141. The fourth-order valence-electron chi connectivity index (χ4n) is 2.38. The Kier molecular flexibility index (Phi) is 5.03. The predicted molar refractivity (Wildman–Crippen MR) is 78.7 cm³/mol. The first-order valence-corrected chi connectivity index (χ1v) is 6.98. The van der Waals surface area contributed by atoms with Crippen LogP contribution < -0.4 is 9.64 Å². The Balaban J connectivity index is 1.84. The van der Waals surface area contributed by atoms with E-state index in [0.29, 0.717) is 13.1 Å². The summed E-state index contributed by atoms with van der Waals surface area (Å²) in [5, 5.41) is 8.60. The molecule has 1 aromatic rings. The maximum atomic E-state index is 11.9. The summed E-state index contributed by atoms with van der Waals surface area (Å²) in [7, 11) is 1.64. The fourth-order valence-corrected chi connectivity index (χ4v) is 2.38. The van der Waals surface area contributed by atoms with Gasteiger partial charge >= 0.3 is 5.97 Å². The van der Waals surface area contributed by atoms with Crippen molar-refractivity contribution >= 4 is 17.6 Å². The van der Waals surface area contributed by atoms with Gasteiger partial charge in [0.2, 0.25) is 5.91 Å². The first-order valence-electron chi connectivity index (χ1n) is 6.98. The van der Waals surface area contributed by atoms with Crippen LogP contribution in [0.15, 0.2) is 24.3 Å². The van der Waals surface area contributed by atoms with Gasteiger partial charge in [0.15, 0.2) is 0 Å².